The van der Waals surface area contributed by atoms with Crippen molar-refractivity contribution in [3.63, 3.8) is 0 Å². The fraction of sp³-hybridized carbons (Fsp3) is 0.471. The van der Waals surface area contributed by atoms with Gasteiger partial charge in [0.1, 0.15) is 11.5 Å². The number of aryl methyl sites for hydroxylation is 2. The van der Waals surface area contributed by atoms with Crippen molar-refractivity contribution in [3.05, 3.63) is 46.8 Å². The fourth-order valence-corrected chi connectivity index (χ4v) is 2.25. The minimum absolute atomic E-state index is 0.146. The van der Waals surface area contributed by atoms with Crippen LogP contribution in [-0.4, -0.2) is 22.9 Å². The number of nitrogens with one attached hydrogen (secondary N) is 1. The number of hydrogen-bond donors (Lipinski definition) is 2. The fourth-order valence-electron chi connectivity index (χ4n) is 2.25. The molecule has 0 radical (unpaired) electrons. The van der Waals surface area contributed by atoms with Gasteiger partial charge in [-0.05, 0) is 45.4 Å². The molecule has 1 atom stereocenters. The van der Waals surface area contributed by atoms with Gasteiger partial charge in [0.15, 0.2) is 0 Å². The van der Waals surface area contributed by atoms with Crippen LogP contribution in [0.15, 0.2) is 28.8 Å². The normalized spacial score (nSPS) is 12.6. The highest BCUT2D eigenvalue weighted by Crippen LogP contribution is 2.19. The molecule has 1 aromatic carbocycles. The van der Waals surface area contributed by atoms with Crippen LogP contribution in [0, 0.1) is 13.8 Å². The lowest BCUT2D eigenvalue weighted by atomic mass is 10.1. The molecule has 0 amide bonds. The Kier molecular flexibility index (Phi) is 5.57. The molecule has 1 unspecified atom stereocenters. The first-order chi connectivity index (χ1) is 10.5. The van der Waals surface area contributed by atoms with E-state index in [1.54, 1.807) is 0 Å². The summed E-state index contributed by atoms with van der Waals surface area (Å²) in [5, 5.41) is 17.4. The molecule has 5 nitrogen and oxygen atoms in total. The van der Waals surface area contributed by atoms with Crippen LogP contribution >= 0.6 is 0 Å². The average molecular weight is 304 g/mol. The lowest BCUT2D eigenvalue weighted by Gasteiger charge is -2.14. The second kappa shape index (κ2) is 7.42. The third-order valence-corrected chi connectivity index (χ3v) is 3.46. The molecule has 22 heavy (non-hydrogen) atoms. The Labute approximate surface area is 131 Å². The van der Waals surface area contributed by atoms with Crippen molar-refractivity contribution in [2.45, 2.75) is 46.4 Å². The number of aliphatic hydroxyl groups excluding tert-OH is 1. The zero-order valence-corrected chi connectivity index (χ0v) is 13.6. The van der Waals surface area contributed by atoms with Crippen molar-refractivity contribution < 1.29 is 14.4 Å². The smallest absolute Gasteiger partial charge is 0.138 e. The van der Waals surface area contributed by atoms with Gasteiger partial charge in [0.25, 0.3) is 0 Å². The van der Waals surface area contributed by atoms with E-state index in [0.29, 0.717) is 13.1 Å². The molecule has 0 saturated heterocycles. The summed E-state index contributed by atoms with van der Waals surface area (Å²) in [6.07, 6.45) is -0.416. The second-order valence-electron chi connectivity index (χ2n) is 5.69. The van der Waals surface area contributed by atoms with E-state index in [4.69, 9.17) is 9.26 Å². The SMILES string of the molecule is Cc1noc(C)c1CNCC(O)c1ccc(OC(C)C)cc1. The molecule has 0 spiro atoms. The summed E-state index contributed by atoms with van der Waals surface area (Å²) >= 11 is 0. The summed E-state index contributed by atoms with van der Waals surface area (Å²) in [7, 11) is 0. The van der Waals surface area contributed by atoms with Crippen molar-refractivity contribution in [1.82, 2.24) is 10.5 Å². The summed E-state index contributed by atoms with van der Waals surface area (Å²) in [6, 6.07) is 7.54. The lowest BCUT2D eigenvalue weighted by Crippen LogP contribution is -2.21. The Morgan fingerprint density at radius 2 is 1.91 bits per heavy atom. The maximum Gasteiger partial charge on any atom is 0.138 e. The third kappa shape index (κ3) is 4.32. The van der Waals surface area contributed by atoms with Crippen molar-refractivity contribution in [2.24, 2.45) is 0 Å². The molecule has 1 heterocycles. The molecular formula is C17H24N2O3. The Morgan fingerprint density at radius 1 is 1.23 bits per heavy atom. The Morgan fingerprint density at radius 3 is 2.45 bits per heavy atom. The Hall–Kier alpha value is -1.85. The Balaban J connectivity index is 1.85. The van der Waals surface area contributed by atoms with Crippen molar-refractivity contribution in [3.8, 4) is 5.75 Å². The zero-order chi connectivity index (χ0) is 16.1. The molecule has 1 aromatic heterocycles. The van der Waals surface area contributed by atoms with Gasteiger partial charge in [-0.25, -0.2) is 0 Å². The van der Waals surface area contributed by atoms with Gasteiger partial charge in [-0.15, -0.1) is 0 Å². The van der Waals surface area contributed by atoms with Crippen LogP contribution in [0.1, 0.15) is 42.5 Å². The first-order valence-corrected chi connectivity index (χ1v) is 7.54. The monoisotopic (exact) mass is 304 g/mol. The molecule has 2 N–H and O–H groups in total. The number of aromatic nitrogens is 1. The van der Waals surface area contributed by atoms with Crippen LogP contribution in [-0.2, 0) is 6.54 Å². The standard InChI is InChI=1S/C17H24N2O3/c1-11(2)21-15-7-5-14(6-8-15)17(20)10-18-9-16-12(3)19-22-13(16)4/h5-8,11,17-18,20H,9-10H2,1-4H3. The van der Waals surface area contributed by atoms with E-state index in [9.17, 15) is 5.11 Å². The van der Waals surface area contributed by atoms with E-state index < -0.39 is 6.10 Å². The van der Waals surface area contributed by atoms with Gasteiger partial charge in [0.2, 0.25) is 0 Å². The molecule has 0 aliphatic carbocycles. The highest BCUT2D eigenvalue weighted by molar-refractivity contribution is 5.29. The van der Waals surface area contributed by atoms with E-state index in [-0.39, 0.29) is 6.10 Å². The number of aliphatic hydroxyl groups is 1. The van der Waals surface area contributed by atoms with Crippen molar-refractivity contribution in [1.29, 1.82) is 0 Å². The van der Waals surface area contributed by atoms with Gasteiger partial charge >= 0.3 is 0 Å². The van der Waals surface area contributed by atoms with Crippen LogP contribution in [0.4, 0.5) is 0 Å². The molecule has 0 saturated carbocycles. The van der Waals surface area contributed by atoms with Gasteiger partial charge in [-0.3, -0.25) is 0 Å². The number of benzene rings is 1. The number of rotatable bonds is 7. The first kappa shape index (κ1) is 16.5. The van der Waals surface area contributed by atoms with Crippen LogP contribution < -0.4 is 10.1 Å². The summed E-state index contributed by atoms with van der Waals surface area (Å²) in [6.45, 7) is 8.88. The molecular weight excluding hydrogens is 280 g/mol. The highest BCUT2D eigenvalue weighted by Gasteiger charge is 2.11. The molecule has 0 fully saturated rings. The number of ether oxygens (including phenoxy) is 1. The quantitative estimate of drug-likeness (QED) is 0.823. The van der Waals surface area contributed by atoms with Crippen LogP contribution in [0.25, 0.3) is 0 Å². The largest absolute Gasteiger partial charge is 0.491 e. The third-order valence-electron chi connectivity index (χ3n) is 3.46. The lowest BCUT2D eigenvalue weighted by molar-refractivity contribution is 0.174. The van der Waals surface area contributed by atoms with Gasteiger partial charge in [-0.1, -0.05) is 17.3 Å². The number of hydrogen-bond acceptors (Lipinski definition) is 5. The summed E-state index contributed by atoms with van der Waals surface area (Å²) < 4.78 is 10.7. The molecule has 0 aliphatic heterocycles. The van der Waals surface area contributed by atoms with E-state index in [1.807, 2.05) is 52.0 Å². The number of nitrogens with zero attached hydrogens (tertiary/aromatic N) is 1. The van der Waals surface area contributed by atoms with Gasteiger partial charge in [0, 0.05) is 18.7 Å². The van der Waals surface area contributed by atoms with Crippen LogP contribution in [0.2, 0.25) is 0 Å². The minimum atomic E-state index is -0.562. The van der Waals surface area contributed by atoms with Gasteiger partial charge in [-0.2, -0.15) is 0 Å². The van der Waals surface area contributed by atoms with Crippen LogP contribution in [0.3, 0.4) is 0 Å². The van der Waals surface area contributed by atoms with E-state index in [1.165, 1.54) is 0 Å². The van der Waals surface area contributed by atoms with E-state index in [0.717, 1.165) is 28.3 Å². The molecule has 2 aromatic rings. The molecule has 2 rings (SSSR count). The second-order valence-corrected chi connectivity index (χ2v) is 5.69. The summed E-state index contributed by atoms with van der Waals surface area (Å²) in [5.41, 5.74) is 2.80. The predicted octanol–water partition coefficient (Wildman–Crippen LogP) is 2.90. The minimum Gasteiger partial charge on any atom is -0.491 e. The molecule has 0 aliphatic rings. The zero-order valence-electron chi connectivity index (χ0n) is 13.6. The molecule has 120 valence electrons. The highest BCUT2D eigenvalue weighted by atomic mass is 16.5. The molecule has 5 heteroatoms. The van der Waals surface area contributed by atoms with E-state index >= 15 is 0 Å². The maximum atomic E-state index is 10.2. The maximum absolute atomic E-state index is 10.2. The van der Waals surface area contributed by atoms with Crippen molar-refractivity contribution >= 4 is 0 Å². The summed E-state index contributed by atoms with van der Waals surface area (Å²) in [4.78, 5) is 0. The van der Waals surface area contributed by atoms with Gasteiger partial charge in [0.05, 0.1) is 17.9 Å². The Bertz CT molecular complexity index is 571. The summed E-state index contributed by atoms with van der Waals surface area (Å²) in [5.74, 6) is 1.63. The van der Waals surface area contributed by atoms with E-state index in [2.05, 4.69) is 10.5 Å². The predicted molar refractivity (Wildman–Crippen MR) is 84.8 cm³/mol. The first-order valence-electron chi connectivity index (χ1n) is 7.54. The molecule has 0 bridgehead atoms. The topological polar surface area (TPSA) is 67.5 Å². The van der Waals surface area contributed by atoms with Gasteiger partial charge < -0.3 is 19.7 Å². The van der Waals surface area contributed by atoms with Crippen LogP contribution in [0.5, 0.6) is 5.75 Å². The average Bonchev–Trinajstić information content (AvgIpc) is 2.79. The van der Waals surface area contributed by atoms with Crippen molar-refractivity contribution in [2.75, 3.05) is 6.54 Å².